The average Bonchev–Trinajstić information content (AvgIpc) is 3.23. The number of carboxylic acids is 1. The Morgan fingerprint density at radius 3 is 2.71 bits per heavy atom. The van der Waals surface area contributed by atoms with Gasteiger partial charge in [0, 0.05) is 25.3 Å². The molecule has 12 heteroatoms. The van der Waals surface area contributed by atoms with E-state index in [0.717, 1.165) is 24.0 Å². The van der Waals surface area contributed by atoms with Crippen LogP contribution in [0.1, 0.15) is 22.5 Å². The second-order valence-electron chi connectivity index (χ2n) is 6.38. The molecule has 1 aliphatic rings. The van der Waals surface area contributed by atoms with Crippen LogP contribution in [0.15, 0.2) is 17.1 Å². The molecule has 4 heterocycles. The Balaban J connectivity index is 0.00000225. The van der Waals surface area contributed by atoms with Crippen LogP contribution in [0.3, 0.4) is 0 Å². The van der Waals surface area contributed by atoms with Crippen LogP contribution >= 0.6 is 24.1 Å². The molecule has 1 atom stereocenters. The molecule has 0 amide bonds. The number of anilines is 1. The highest BCUT2D eigenvalue weighted by atomic mass is 35.5. The van der Waals surface area contributed by atoms with Gasteiger partial charge in [0.15, 0.2) is 23.1 Å². The fourth-order valence-corrected chi connectivity index (χ4v) is 3.72. The van der Waals surface area contributed by atoms with Gasteiger partial charge in [-0.2, -0.15) is 8.75 Å². The number of carbonyl (C=O) groups is 1. The van der Waals surface area contributed by atoms with Gasteiger partial charge in [-0.15, -0.1) is 12.4 Å². The molecule has 148 valence electrons. The summed E-state index contributed by atoms with van der Waals surface area (Å²) in [6, 6.07) is 0.950. The molecular weight excluding hydrogens is 411 g/mol. The number of fused-ring (bicyclic) bond motifs is 1. The summed E-state index contributed by atoms with van der Waals surface area (Å²) in [5, 5.41) is 9.23. The molecule has 9 nitrogen and oxygen atoms in total. The summed E-state index contributed by atoms with van der Waals surface area (Å²) < 4.78 is 24.3. The van der Waals surface area contributed by atoms with Gasteiger partial charge in [-0.25, -0.2) is 14.2 Å². The normalized spacial score (nSPS) is 16.4. The third-order valence-electron chi connectivity index (χ3n) is 4.52. The van der Waals surface area contributed by atoms with E-state index in [9.17, 15) is 19.1 Å². The van der Waals surface area contributed by atoms with E-state index in [1.165, 1.54) is 4.57 Å². The minimum atomic E-state index is -1.41. The van der Waals surface area contributed by atoms with Gasteiger partial charge in [0.2, 0.25) is 5.43 Å². The molecule has 1 saturated heterocycles. The van der Waals surface area contributed by atoms with Crippen molar-refractivity contribution in [1.29, 1.82) is 0 Å². The highest BCUT2D eigenvalue weighted by Crippen LogP contribution is 2.26. The number of nitrogens with zero attached hydrogens (tertiary/aromatic N) is 5. The Labute approximate surface area is 168 Å². The summed E-state index contributed by atoms with van der Waals surface area (Å²) in [4.78, 5) is 30.1. The molecule has 1 aliphatic heterocycles. The minimum absolute atomic E-state index is 0. The Hall–Kier alpha value is -2.63. The number of rotatable bonds is 3. The lowest BCUT2D eigenvalue weighted by atomic mass is 10.2. The fraction of sp³-hybridized carbons (Fsp3) is 0.312. The molecule has 3 aromatic heterocycles. The summed E-state index contributed by atoms with van der Waals surface area (Å²) in [6.45, 7) is 2.70. The SMILES string of the molecule is Cc1nsnc1-n1cc(C(=O)O)c(=O)c2cc(F)c(N3CCC(N)C3)nc21.Cl. The van der Waals surface area contributed by atoms with Gasteiger partial charge in [-0.3, -0.25) is 9.36 Å². The molecule has 3 aromatic rings. The molecule has 4 rings (SSSR count). The number of aryl methyl sites for hydroxylation is 1. The van der Waals surface area contributed by atoms with Crippen LogP contribution in [0.2, 0.25) is 0 Å². The first-order chi connectivity index (χ1) is 12.9. The summed E-state index contributed by atoms with van der Waals surface area (Å²) >= 11 is 0.946. The number of nitrogens with two attached hydrogens (primary N) is 1. The highest BCUT2D eigenvalue weighted by Gasteiger charge is 2.26. The second kappa shape index (κ2) is 7.41. The Morgan fingerprint density at radius 2 is 2.14 bits per heavy atom. The van der Waals surface area contributed by atoms with Gasteiger partial charge in [0.1, 0.15) is 5.56 Å². The van der Waals surface area contributed by atoms with Crippen LogP contribution in [-0.2, 0) is 0 Å². The first kappa shape index (κ1) is 20.1. The average molecular weight is 427 g/mol. The molecule has 1 unspecified atom stereocenters. The molecule has 0 saturated carbocycles. The van der Waals surface area contributed by atoms with E-state index in [2.05, 4.69) is 13.7 Å². The highest BCUT2D eigenvalue weighted by molar-refractivity contribution is 6.99. The van der Waals surface area contributed by atoms with E-state index >= 15 is 0 Å². The Bertz CT molecular complexity index is 1130. The number of halogens is 2. The number of hydrogen-bond donors (Lipinski definition) is 2. The molecule has 3 N–H and O–H groups in total. The van der Waals surface area contributed by atoms with Crippen LogP contribution in [0, 0.1) is 12.7 Å². The number of aromatic carboxylic acids is 1. The van der Waals surface area contributed by atoms with Gasteiger partial charge in [0.25, 0.3) is 0 Å². The maximum atomic E-state index is 14.7. The van der Waals surface area contributed by atoms with Crippen LogP contribution in [0.4, 0.5) is 10.2 Å². The van der Waals surface area contributed by atoms with Crippen molar-refractivity contribution in [3.05, 3.63) is 39.6 Å². The van der Waals surface area contributed by atoms with E-state index < -0.39 is 22.8 Å². The summed E-state index contributed by atoms with van der Waals surface area (Å²) in [6.07, 6.45) is 1.86. The van der Waals surface area contributed by atoms with E-state index in [1.807, 2.05) is 0 Å². The van der Waals surface area contributed by atoms with Crippen molar-refractivity contribution in [2.75, 3.05) is 18.0 Å². The van der Waals surface area contributed by atoms with E-state index in [-0.39, 0.29) is 35.3 Å². The van der Waals surface area contributed by atoms with Crippen molar-refractivity contribution >= 4 is 47.0 Å². The lowest BCUT2D eigenvalue weighted by molar-refractivity contribution is 0.0695. The predicted octanol–water partition coefficient (Wildman–Crippen LogP) is 1.34. The molecule has 0 aromatic carbocycles. The number of hydrogen-bond acceptors (Lipinski definition) is 8. The topological polar surface area (TPSA) is 127 Å². The van der Waals surface area contributed by atoms with E-state index in [4.69, 9.17) is 5.73 Å². The van der Waals surface area contributed by atoms with Crippen molar-refractivity contribution in [3.63, 3.8) is 0 Å². The summed E-state index contributed by atoms with van der Waals surface area (Å²) in [7, 11) is 0. The lowest BCUT2D eigenvalue weighted by Crippen LogP contribution is -2.28. The first-order valence-corrected chi connectivity index (χ1v) is 8.89. The standard InChI is InChI=1S/C16H15FN6O3S.ClH/c1-7-13(21-27-20-7)23-6-10(16(25)26)12(24)9-4-11(17)15(19-14(9)23)22-3-2-8(18)5-22;/h4,6,8H,2-3,5,18H2,1H3,(H,25,26);1H. The smallest absolute Gasteiger partial charge is 0.341 e. The van der Waals surface area contributed by atoms with Crippen molar-refractivity contribution in [2.45, 2.75) is 19.4 Å². The molecule has 0 spiro atoms. The quantitative estimate of drug-likeness (QED) is 0.642. The van der Waals surface area contributed by atoms with Crippen LogP contribution in [0.5, 0.6) is 0 Å². The summed E-state index contributed by atoms with van der Waals surface area (Å²) in [5.41, 5.74) is 5.27. The number of aromatic nitrogens is 4. The van der Waals surface area contributed by atoms with Gasteiger partial charge in [-0.1, -0.05) is 0 Å². The maximum absolute atomic E-state index is 14.7. The monoisotopic (exact) mass is 426 g/mol. The molecule has 28 heavy (non-hydrogen) atoms. The number of pyridine rings is 2. The van der Waals surface area contributed by atoms with Gasteiger partial charge in [-0.05, 0) is 19.4 Å². The van der Waals surface area contributed by atoms with E-state index in [1.54, 1.807) is 11.8 Å². The Morgan fingerprint density at radius 1 is 1.39 bits per heavy atom. The second-order valence-corrected chi connectivity index (χ2v) is 6.91. The third-order valence-corrected chi connectivity index (χ3v) is 5.13. The molecular formula is C16H16ClFN6O3S. The van der Waals surface area contributed by atoms with Crippen LogP contribution < -0.4 is 16.1 Å². The zero-order valence-corrected chi connectivity index (χ0v) is 16.3. The largest absolute Gasteiger partial charge is 0.477 e. The van der Waals surface area contributed by atoms with Gasteiger partial charge >= 0.3 is 5.97 Å². The first-order valence-electron chi connectivity index (χ1n) is 8.16. The molecule has 0 bridgehead atoms. The number of carboxylic acid groups (broad SMARTS) is 1. The minimum Gasteiger partial charge on any atom is -0.477 e. The Kier molecular flexibility index (Phi) is 5.33. The van der Waals surface area contributed by atoms with E-state index in [0.29, 0.717) is 31.0 Å². The maximum Gasteiger partial charge on any atom is 0.341 e. The fourth-order valence-electron chi connectivity index (χ4n) is 3.18. The van der Waals surface area contributed by atoms with Crippen molar-refractivity contribution in [3.8, 4) is 5.82 Å². The molecule has 1 fully saturated rings. The van der Waals surface area contributed by atoms with Gasteiger partial charge < -0.3 is 15.7 Å². The summed E-state index contributed by atoms with van der Waals surface area (Å²) in [5.74, 6) is -1.69. The lowest BCUT2D eigenvalue weighted by Gasteiger charge is -2.19. The predicted molar refractivity (Wildman–Crippen MR) is 105 cm³/mol. The van der Waals surface area contributed by atoms with Crippen LogP contribution in [0.25, 0.3) is 16.9 Å². The zero-order chi connectivity index (χ0) is 19.3. The van der Waals surface area contributed by atoms with Crippen molar-refractivity contribution in [2.24, 2.45) is 5.73 Å². The van der Waals surface area contributed by atoms with Crippen LogP contribution in [-0.4, -0.2) is 48.5 Å². The van der Waals surface area contributed by atoms with Crippen molar-refractivity contribution in [1.82, 2.24) is 18.3 Å². The molecule has 0 radical (unpaired) electrons. The van der Waals surface area contributed by atoms with Crippen molar-refractivity contribution < 1.29 is 14.3 Å². The molecule has 0 aliphatic carbocycles. The zero-order valence-electron chi connectivity index (χ0n) is 14.6. The van der Waals surface area contributed by atoms with Gasteiger partial charge in [0.05, 0.1) is 22.8 Å². The third kappa shape index (κ3) is 3.21.